The minimum Gasteiger partial charge on any atom is -0.497 e. The van der Waals surface area contributed by atoms with E-state index < -0.39 is 5.97 Å². The number of rotatable bonds is 3. The summed E-state index contributed by atoms with van der Waals surface area (Å²) in [6.07, 6.45) is 0.515. The van der Waals surface area contributed by atoms with Gasteiger partial charge in [0.25, 0.3) is 0 Å². The standard InChI is InChI=1S/C19H19NO4/c1-12-6-4-5-7-15(12)19(21)24-20-17-10-13(2)23-18-11-14(22-3)8-9-16(17)18/h4-9,11,13H,10H2,1-3H3/b20-17+/t13-/m0/s1. The molecule has 5 nitrogen and oxygen atoms in total. The van der Waals surface area contributed by atoms with Crippen LogP contribution in [-0.2, 0) is 4.84 Å². The molecule has 1 aliphatic heterocycles. The van der Waals surface area contributed by atoms with E-state index in [0.717, 1.165) is 11.1 Å². The van der Waals surface area contributed by atoms with Crippen molar-refractivity contribution in [1.29, 1.82) is 0 Å². The van der Waals surface area contributed by atoms with Gasteiger partial charge >= 0.3 is 5.97 Å². The van der Waals surface area contributed by atoms with Gasteiger partial charge < -0.3 is 14.3 Å². The van der Waals surface area contributed by atoms with Gasteiger partial charge in [-0.25, -0.2) is 4.79 Å². The van der Waals surface area contributed by atoms with Crippen molar-refractivity contribution >= 4 is 11.7 Å². The lowest BCUT2D eigenvalue weighted by Gasteiger charge is -2.24. The first-order valence-corrected chi connectivity index (χ1v) is 7.77. The maximum absolute atomic E-state index is 12.2. The van der Waals surface area contributed by atoms with Crippen LogP contribution in [0, 0.1) is 6.92 Å². The number of fused-ring (bicyclic) bond motifs is 1. The van der Waals surface area contributed by atoms with Crippen LogP contribution in [0.1, 0.15) is 34.8 Å². The molecule has 0 amide bonds. The highest BCUT2D eigenvalue weighted by molar-refractivity contribution is 6.04. The normalized spacial score (nSPS) is 17.8. The maximum Gasteiger partial charge on any atom is 0.366 e. The van der Waals surface area contributed by atoms with Gasteiger partial charge in [-0.15, -0.1) is 0 Å². The molecule has 0 saturated heterocycles. The molecule has 0 fully saturated rings. The van der Waals surface area contributed by atoms with E-state index in [2.05, 4.69) is 5.16 Å². The lowest BCUT2D eigenvalue weighted by molar-refractivity contribution is 0.0512. The fraction of sp³-hybridized carbons (Fsp3) is 0.263. The third-order valence-electron chi connectivity index (χ3n) is 3.91. The van der Waals surface area contributed by atoms with Crippen LogP contribution in [0.2, 0.25) is 0 Å². The van der Waals surface area contributed by atoms with Crippen molar-refractivity contribution in [3.05, 3.63) is 59.2 Å². The van der Waals surface area contributed by atoms with Crippen LogP contribution in [0.15, 0.2) is 47.6 Å². The van der Waals surface area contributed by atoms with Crippen molar-refractivity contribution < 1.29 is 19.1 Å². The van der Waals surface area contributed by atoms with Crippen LogP contribution in [-0.4, -0.2) is 24.9 Å². The van der Waals surface area contributed by atoms with Crippen molar-refractivity contribution in [2.75, 3.05) is 7.11 Å². The molecule has 0 aliphatic carbocycles. The van der Waals surface area contributed by atoms with E-state index in [1.165, 1.54) is 0 Å². The molecule has 3 rings (SSSR count). The van der Waals surface area contributed by atoms with Crippen molar-refractivity contribution in [3.8, 4) is 11.5 Å². The zero-order valence-corrected chi connectivity index (χ0v) is 13.9. The molecule has 2 aromatic carbocycles. The molecule has 2 aromatic rings. The zero-order chi connectivity index (χ0) is 17.1. The van der Waals surface area contributed by atoms with Crippen LogP contribution in [0.5, 0.6) is 11.5 Å². The van der Waals surface area contributed by atoms with Crippen LogP contribution in [0.3, 0.4) is 0 Å². The summed E-state index contributed by atoms with van der Waals surface area (Å²) < 4.78 is 11.0. The summed E-state index contributed by atoms with van der Waals surface area (Å²) in [4.78, 5) is 17.4. The first-order chi connectivity index (χ1) is 11.6. The number of nitrogens with zero attached hydrogens (tertiary/aromatic N) is 1. The Hall–Kier alpha value is -2.82. The average molecular weight is 325 g/mol. The van der Waals surface area contributed by atoms with Gasteiger partial charge in [0, 0.05) is 18.1 Å². The molecule has 1 atom stereocenters. The molecule has 1 aliphatic rings. The van der Waals surface area contributed by atoms with Crippen LogP contribution < -0.4 is 9.47 Å². The summed E-state index contributed by atoms with van der Waals surface area (Å²) in [7, 11) is 1.60. The number of aryl methyl sites for hydroxylation is 1. The maximum atomic E-state index is 12.2. The predicted octanol–water partition coefficient (Wildman–Crippen LogP) is 3.74. The number of oxime groups is 1. The minimum absolute atomic E-state index is 0.0551. The van der Waals surface area contributed by atoms with E-state index in [4.69, 9.17) is 14.3 Å². The second kappa shape index (κ2) is 6.74. The number of hydrogen-bond acceptors (Lipinski definition) is 5. The number of benzene rings is 2. The third kappa shape index (κ3) is 3.25. The smallest absolute Gasteiger partial charge is 0.366 e. The van der Waals surface area contributed by atoms with Gasteiger partial charge in [-0.1, -0.05) is 23.4 Å². The fourth-order valence-electron chi connectivity index (χ4n) is 2.64. The molecule has 0 saturated carbocycles. The summed E-state index contributed by atoms with van der Waals surface area (Å²) in [6.45, 7) is 3.81. The van der Waals surface area contributed by atoms with Gasteiger partial charge in [-0.05, 0) is 37.6 Å². The molecular formula is C19H19NO4. The second-order valence-electron chi connectivity index (χ2n) is 5.73. The molecule has 5 heteroatoms. The Kier molecular flexibility index (Phi) is 4.51. The molecular weight excluding hydrogens is 306 g/mol. The zero-order valence-electron chi connectivity index (χ0n) is 13.9. The molecule has 0 spiro atoms. The minimum atomic E-state index is -0.463. The van der Waals surface area contributed by atoms with Crippen molar-refractivity contribution in [1.82, 2.24) is 0 Å². The van der Waals surface area contributed by atoms with E-state index >= 15 is 0 Å². The van der Waals surface area contributed by atoms with E-state index in [1.807, 2.05) is 44.2 Å². The number of methoxy groups -OCH3 is 1. The lowest BCUT2D eigenvalue weighted by atomic mass is 10.0. The molecule has 1 heterocycles. The summed E-state index contributed by atoms with van der Waals surface area (Å²) in [5.41, 5.74) is 2.87. The Morgan fingerprint density at radius 2 is 2.04 bits per heavy atom. The predicted molar refractivity (Wildman–Crippen MR) is 90.8 cm³/mol. The van der Waals surface area contributed by atoms with Crippen molar-refractivity contribution in [3.63, 3.8) is 0 Å². The van der Waals surface area contributed by atoms with Crippen LogP contribution in [0.25, 0.3) is 0 Å². The Labute approximate surface area is 140 Å². The van der Waals surface area contributed by atoms with E-state index in [0.29, 0.717) is 29.2 Å². The van der Waals surface area contributed by atoms with Gasteiger partial charge in [-0.2, -0.15) is 0 Å². The van der Waals surface area contributed by atoms with Gasteiger partial charge in [0.1, 0.15) is 17.6 Å². The molecule has 0 aromatic heterocycles. The number of carbonyl (C=O) groups excluding carboxylic acids is 1. The average Bonchev–Trinajstić information content (AvgIpc) is 2.59. The van der Waals surface area contributed by atoms with E-state index in [1.54, 1.807) is 19.2 Å². The molecule has 0 radical (unpaired) electrons. The van der Waals surface area contributed by atoms with E-state index in [-0.39, 0.29) is 6.10 Å². The molecule has 24 heavy (non-hydrogen) atoms. The Balaban J connectivity index is 1.86. The largest absolute Gasteiger partial charge is 0.497 e. The lowest BCUT2D eigenvalue weighted by Crippen LogP contribution is -2.25. The molecule has 124 valence electrons. The highest BCUT2D eigenvalue weighted by Crippen LogP contribution is 2.31. The first-order valence-electron chi connectivity index (χ1n) is 7.77. The van der Waals surface area contributed by atoms with Crippen LogP contribution in [0.4, 0.5) is 0 Å². The topological polar surface area (TPSA) is 57.1 Å². The van der Waals surface area contributed by atoms with Gasteiger partial charge in [0.05, 0.1) is 18.4 Å². The summed E-state index contributed by atoms with van der Waals surface area (Å²) in [5, 5.41) is 4.09. The fourth-order valence-corrected chi connectivity index (χ4v) is 2.64. The number of ether oxygens (including phenoxy) is 2. The Bertz CT molecular complexity index is 798. The Morgan fingerprint density at radius 3 is 2.79 bits per heavy atom. The highest BCUT2D eigenvalue weighted by atomic mass is 16.7. The monoisotopic (exact) mass is 325 g/mol. The SMILES string of the molecule is COc1ccc2c(c1)O[C@@H](C)C/C2=N\OC(=O)c1ccccc1C. The second-order valence-corrected chi connectivity index (χ2v) is 5.73. The number of hydrogen-bond donors (Lipinski definition) is 0. The van der Waals surface area contributed by atoms with Crippen molar-refractivity contribution in [2.45, 2.75) is 26.4 Å². The first kappa shape index (κ1) is 16.1. The summed E-state index contributed by atoms with van der Waals surface area (Å²) in [5.74, 6) is 0.924. The molecule has 0 N–H and O–H groups in total. The van der Waals surface area contributed by atoms with Crippen molar-refractivity contribution in [2.24, 2.45) is 5.16 Å². The Morgan fingerprint density at radius 1 is 1.25 bits per heavy atom. The summed E-state index contributed by atoms with van der Waals surface area (Å²) >= 11 is 0. The quantitative estimate of drug-likeness (QED) is 0.637. The molecule has 0 unspecified atom stereocenters. The third-order valence-corrected chi connectivity index (χ3v) is 3.91. The van der Waals surface area contributed by atoms with Gasteiger partial charge in [-0.3, -0.25) is 0 Å². The van der Waals surface area contributed by atoms with Gasteiger partial charge in [0.2, 0.25) is 0 Å². The van der Waals surface area contributed by atoms with E-state index in [9.17, 15) is 4.79 Å². The van der Waals surface area contributed by atoms with Crippen LogP contribution >= 0.6 is 0 Å². The summed E-state index contributed by atoms with van der Waals surface area (Å²) in [6, 6.07) is 12.8. The van der Waals surface area contributed by atoms with Gasteiger partial charge in [0.15, 0.2) is 0 Å². The number of carbonyl (C=O) groups is 1. The molecule has 0 bridgehead atoms. The highest BCUT2D eigenvalue weighted by Gasteiger charge is 2.24.